The van der Waals surface area contributed by atoms with Gasteiger partial charge in [-0.05, 0) is 30.3 Å². The van der Waals surface area contributed by atoms with E-state index in [1.54, 1.807) is 12.3 Å². The third kappa shape index (κ3) is 3.93. The molecule has 1 N–H and O–H groups in total. The first-order valence-corrected chi connectivity index (χ1v) is 9.49. The molecule has 1 spiro atoms. The number of nitrogens with zero attached hydrogens (tertiary/aromatic N) is 4. The van der Waals surface area contributed by atoms with Crippen molar-refractivity contribution >= 4 is 23.2 Å². The number of hydrogen-bond donors (Lipinski definition) is 1. The van der Waals surface area contributed by atoms with Crippen LogP contribution >= 0.6 is 0 Å². The molecule has 4 rings (SSSR count). The van der Waals surface area contributed by atoms with Crippen molar-refractivity contribution in [3.05, 3.63) is 42.2 Å². The highest BCUT2D eigenvalue weighted by Gasteiger charge is 2.40. The normalized spacial score (nSPS) is 18.3. The van der Waals surface area contributed by atoms with Crippen LogP contribution in [-0.2, 0) is 9.47 Å². The molecule has 8 heteroatoms. The van der Waals surface area contributed by atoms with Gasteiger partial charge in [-0.2, -0.15) is 0 Å². The van der Waals surface area contributed by atoms with Crippen molar-refractivity contribution in [3.63, 3.8) is 0 Å². The van der Waals surface area contributed by atoms with Crippen LogP contribution in [0.2, 0.25) is 0 Å². The number of piperidine rings is 1. The number of carbonyl (C=O) groups is 1. The van der Waals surface area contributed by atoms with Crippen molar-refractivity contribution in [1.29, 1.82) is 0 Å². The Morgan fingerprint density at radius 1 is 1.11 bits per heavy atom. The second-order valence-electron chi connectivity index (χ2n) is 7.23. The van der Waals surface area contributed by atoms with Crippen LogP contribution in [0.3, 0.4) is 0 Å². The molecule has 2 aliphatic heterocycles. The fourth-order valence-electron chi connectivity index (χ4n) is 3.50. The number of aromatic nitrogens is 2. The summed E-state index contributed by atoms with van der Waals surface area (Å²) in [7, 11) is 3.95. The molecule has 0 unspecified atom stereocenters. The molecule has 0 bridgehead atoms. The van der Waals surface area contributed by atoms with Crippen molar-refractivity contribution in [2.75, 3.05) is 55.5 Å². The maximum absolute atomic E-state index is 12.6. The first-order valence-electron chi connectivity index (χ1n) is 9.49. The summed E-state index contributed by atoms with van der Waals surface area (Å²) in [6.07, 6.45) is 3.16. The lowest BCUT2D eigenvalue weighted by Gasteiger charge is -2.37. The molecule has 1 aromatic carbocycles. The zero-order valence-corrected chi connectivity index (χ0v) is 16.2. The van der Waals surface area contributed by atoms with Crippen LogP contribution in [0.1, 0.15) is 23.3 Å². The van der Waals surface area contributed by atoms with Gasteiger partial charge in [0.15, 0.2) is 5.79 Å². The Bertz CT molecular complexity index is 824. The van der Waals surface area contributed by atoms with Crippen LogP contribution in [0, 0.1) is 0 Å². The monoisotopic (exact) mass is 383 g/mol. The smallest absolute Gasteiger partial charge is 0.274 e. The zero-order chi connectivity index (χ0) is 19.6. The number of nitrogens with one attached hydrogen (secondary N) is 1. The van der Waals surface area contributed by atoms with E-state index in [1.165, 1.54) is 0 Å². The van der Waals surface area contributed by atoms with Gasteiger partial charge in [0, 0.05) is 57.6 Å². The van der Waals surface area contributed by atoms with Crippen molar-refractivity contribution in [2.24, 2.45) is 0 Å². The highest BCUT2D eigenvalue weighted by molar-refractivity contribution is 6.03. The second-order valence-corrected chi connectivity index (χ2v) is 7.23. The van der Waals surface area contributed by atoms with Crippen LogP contribution in [-0.4, -0.2) is 62.1 Å². The summed E-state index contributed by atoms with van der Waals surface area (Å²) in [6.45, 7) is 2.78. The lowest BCUT2D eigenvalue weighted by Crippen LogP contribution is -2.45. The summed E-state index contributed by atoms with van der Waals surface area (Å²) < 4.78 is 11.5. The average molecular weight is 383 g/mol. The summed E-state index contributed by atoms with van der Waals surface area (Å²) in [5.74, 6) is -0.134. The van der Waals surface area contributed by atoms with E-state index in [4.69, 9.17) is 9.47 Å². The van der Waals surface area contributed by atoms with Gasteiger partial charge in [0.05, 0.1) is 13.2 Å². The van der Waals surface area contributed by atoms with E-state index >= 15 is 0 Å². The highest BCUT2D eigenvalue weighted by atomic mass is 16.7. The number of ether oxygens (including phenoxy) is 2. The third-order valence-corrected chi connectivity index (χ3v) is 5.14. The first-order chi connectivity index (χ1) is 13.5. The van der Waals surface area contributed by atoms with E-state index in [-0.39, 0.29) is 5.91 Å². The van der Waals surface area contributed by atoms with Crippen LogP contribution in [0.5, 0.6) is 0 Å². The molecule has 8 nitrogen and oxygen atoms in total. The van der Waals surface area contributed by atoms with Gasteiger partial charge in [-0.3, -0.25) is 4.79 Å². The maximum atomic E-state index is 12.6. The molecule has 1 amide bonds. The van der Waals surface area contributed by atoms with E-state index in [2.05, 4.69) is 20.2 Å². The predicted octanol–water partition coefficient (Wildman–Crippen LogP) is 2.14. The molecule has 2 fully saturated rings. The zero-order valence-electron chi connectivity index (χ0n) is 16.2. The Morgan fingerprint density at radius 3 is 2.43 bits per heavy atom. The summed E-state index contributed by atoms with van der Waals surface area (Å²) in [4.78, 5) is 25.5. The SMILES string of the molecule is CN(C)c1ccc(NC(=O)c2ccnc(N3CCC4(CC3)OCCO4)n2)cc1. The number of anilines is 3. The number of carbonyl (C=O) groups excluding carboxylic acids is 1. The Balaban J connectivity index is 1.41. The molecule has 28 heavy (non-hydrogen) atoms. The van der Waals surface area contributed by atoms with Crippen molar-refractivity contribution < 1.29 is 14.3 Å². The minimum Gasteiger partial charge on any atom is -0.378 e. The minimum absolute atomic E-state index is 0.253. The van der Waals surface area contributed by atoms with Gasteiger partial charge >= 0.3 is 0 Å². The van der Waals surface area contributed by atoms with Crippen LogP contribution in [0.4, 0.5) is 17.3 Å². The Kier molecular flexibility index (Phi) is 5.15. The van der Waals surface area contributed by atoms with Crippen LogP contribution < -0.4 is 15.1 Å². The van der Waals surface area contributed by atoms with Crippen molar-refractivity contribution in [1.82, 2.24) is 9.97 Å². The van der Waals surface area contributed by atoms with Crippen molar-refractivity contribution in [3.8, 4) is 0 Å². The number of benzene rings is 1. The lowest BCUT2D eigenvalue weighted by molar-refractivity contribution is -0.169. The molecular formula is C20H25N5O3. The van der Waals surface area contributed by atoms with Crippen LogP contribution in [0.25, 0.3) is 0 Å². The molecule has 148 valence electrons. The van der Waals surface area contributed by atoms with E-state index in [9.17, 15) is 4.79 Å². The standard InChI is InChI=1S/C20H25N5O3/c1-24(2)16-5-3-15(4-6-16)22-18(26)17-7-10-21-19(23-17)25-11-8-20(9-12-25)27-13-14-28-20/h3-7,10H,8-9,11-14H2,1-2H3,(H,22,26). The molecule has 2 aromatic rings. The predicted molar refractivity (Wildman–Crippen MR) is 107 cm³/mol. The number of hydrogen-bond acceptors (Lipinski definition) is 7. The summed E-state index contributed by atoms with van der Waals surface area (Å²) in [6, 6.07) is 9.29. The first kappa shape index (κ1) is 18.6. The summed E-state index contributed by atoms with van der Waals surface area (Å²) in [5.41, 5.74) is 2.14. The Labute approximate surface area is 164 Å². The summed E-state index contributed by atoms with van der Waals surface area (Å²) in [5, 5.41) is 2.89. The highest BCUT2D eigenvalue weighted by Crippen LogP contribution is 2.32. The van der Waals surface area contributed by atoms with E-state index < -0.39 is 5.79 Å². The van der Waals surface area contributed by atoms with Gasteiger partial charge < -0.3 is 24.6 Å². The molecule has 2 saturated heterocycles. The second kappa shape index (κ2) is 7.73. The third-order valence-electron chi connectivity index (χ3n) is 5.14. The van der Waals surface area contributed by atoms with E-state index in [0.717, 1.165) is 37.3 Å². The van der Waals surface area contributed by atoms with Gasteiger partial charge in [0.25, 0.3) is 5.91 Å². The Hall–Kier alpha value is -2.71. The van der Waals surface area contributed by atoms with Gasteiger partial charge in [-0.25, -0.2) is 9.97 Å². The van der Waals surface area contributed by atoms with Gasteiger partial charge in [-0.1, -0.05) is 0 Å². The van der Waals surface area contributed by atoms with Gasteiger partial charge in [0.2, 0.25) is 5.95 Å². The fraction of sp³-hybridized carbons (Fsp3) is 0.450. The molecule has 3 heterocycles. The molecule has 0 radical (unpaired) electrons. The maximum Gasteiger partial charge on any atom is 0.274 e. The molecule has 2 aliphatic rings. The number of rotatable bonds is 4. The van der Waals surface area contributed by atoms with Crippen molar-refractivity contribution in [2.45, 2.75) is 18.6 Å². The molecule has 0 saturated carbocycles. The fourth-order valence-corrected chi connectivity index (χ4v) is 3.50. The number of amides is 1. The largest absolute Gasteiger partial charge is 0.378 e. The van der Waals surface area contributed by atoms with Gasteiger partial charge in [-0.15, -0.1) is 0 Å². The topological polar surface area (TPSA) is 79.8 Å². The lowest BCUT2D eigenvalue weighted by atomic mass is 10.0. The molecular weight excluding hydrogens is 358 g/mol. The average Bonchev–Trinajstić information content (AvgIpc) is 3.17. The molecule has 0 aliphatic carbocycles. The van der Waals surface area contributed by atoms with E-state index in [1.807, 2.05) is 43.3 Å². The minimum atomic E-state index is -0.440. The Morgan fingerprint density at radius 2 is 1.79 bits per heavy atom. The quantitative estimate of drug-likeness (QED) is 0.866. The van der Waals surface area contributed by atoms with Gasteiger partial charge in [0.1, 0.15) is 5.69 Å². The van der Waals surface area contributed by atoms with Crippen LogP contribution in [0.15, 0.2) is 36.5 Å². The molecule has 0 atom stereocenters. The molecule has 1 aromatic heterocycles. The summed E-state index contributed by atoms with van der Waals surface area (Å²) >= 11 is 0. The van der Waals surface area contributed by atoms with E-state index in [0.29, 0.717) is 24.9 Å².